The van der Waals surface area contributed by atoms with Crippen molar-refractivity contribution in [3.05, 3.63) is 16.2 Å². The van der Waals surface area contributed by atoms with Crippen LogP contribution < -0.4 is 10.2 Å². The van der Waals surface area contributed by atoms with E-state index in [0.29, 0.717) is 36.1 Å². The first-order valence-corrected chi connectivity index (χ1v) is 12.4. The van der Waals surface area contributed by atoms with Crippen molar-refractivity contribution in [1.82, 2.24) is 15.3 Å². The molecule has 2 aliphatic heterocycles. The minimum absolute atomic E-state index is 0.228. The number of nitrogens with zero attached hydrogens (tertiary/aromatic N) is 3. The minimum Gasteiger partial charge on any atom is -0.378 e. The van der Waals surface area contributed by atoms with Gasteiger partial charge in [-0.1, -0.05) is 0 Å². The Hall–Kier alpha value is -1.28. The van der Waals surface area contributed by atoms with E-state index in [1.807, 2.05) is 0 Å². The molecule has 1 saturated carbocycles. The van der Waals surface area contributed by atoms with E-state index in [4.69, 9.17) is 16.3 Å². The number of hydrogen-bond acceptors (Lipinski definition) is 7. The fraction of sp³-hybridized carbons (Fsp3) is 0.682. The van der Waals surface area contributed by atoms with Gasteiger partial charge >= 0.3 is 0 Å². The summed E-state index contributed by atoms with van der Waals surface area (Å²) in [7, 11) is 0. The van der Waals surface area contributed by atoms with Crippen molar-refractivity contribution in [3.8, 4) is 0 Å². The molecule has 4 heterocycles. The molecule has 2 aromatic rings. The zero-order valence-electron chi connectivity index (χ0n) is 17.2. The molecule has 0 radical (unpaired) electrons. The molecule has 2 unspecified atom stereocenters. The number of piperidine rings is 1. The Morgan fingerprint density at radius 3 is 2.77 bits per heavy atom. The van der Waals surface area contributed by atoms with Gasteiger partial charge in [-0.2, -0.15) is 4.98 Å². The predicted octanol–water partition coefficient (Wildman–Crippen LogP) is 3.71. The quantitative estimate of drug-likeness (QED) is 0.703. The van der Waals surface area contributed by atoms with Crippen LogP contribution in [0, 0.1) is 17.8 Å². The highest BCUT2D eigenvalue weighted by atomic mass is 35.5. The Labute approximate surface area is 186 Å². The van der Waals surface area contributed by atoms with Crippen LogP contribution in [0.15, 0.2) is 6.07 Å². The van der Waals surface area contributed by atoms with Crippen molar-refractivity contribution in [3.63, 3.8) is 0 Å². The van der Waals surface area contributed by atoms with Gasteiger partial charge in [-0.05, 0) is 74.7 Å². The van der Waals surface area contributed by atoms with Gasteiger partial charge in [-0.25, -0.2) is 4.98 Å². The van der Waals surface area contributed by atoms with Gasteiger partial charge in [0.2, 0.25) is 5.28 Å². The molecule has 2 atom stereocenters. The maximum Gasteiger partial charge on any atom is 0.224 e. The number of ketones is 1. The van der Waals surface area contributed by atoms with E-state index in [1.165, 1.54) is 17.7 Å². The van der Waals surface area contributed by atoms with Crippen molar-refractivity contribution < 1.29 is 9.53 Å². The van der Waals surface area contributed by atoms with Gasteiger partial charge in [0.1, 0.15) is 5.78 Å². The highest BCUT2D eigenvalue weighted by molar-refractivity contribution is 7.19. The number of halogens is 1. The summed E-state index contributed by atoms with van der Waals surface area (Å²) in [5.74, 6) is 2.70. The van der Waals surface area contributed by atoms with E-state index in [-0.39, 0.29) is 5.92 Å². The molecule has 0 bridgehead atoms. The highest BCUT2D eigenvalue weighted by Crippen LogP contribution is 2.41. The lowest BCUT2D eigenvalue weighted by molar-refractivity contribution is -0.122. The largest absolute Gasteiger partial charge is 0.378 e. The third-order valence-electron chi connectivity index (χ3n) is 6.98. The number of carbonyl (C=O) groups is 1. The number of fused-ring (bicyclic) bond motifs is 1. The zero-order chi connectivity index (χ0) is 20.5. The molecule has 2 saturated heterocycles. The Bertz CT molecular complexity index is 908. The van der Waals surface area contributed by atoms with E-state index in [9.17, 15) is 4.79 Å². The molecule has 8 heteroatoms. The van der Waals surface area contributed by atoms with Crippen LogP contribution in [-0.2, 0) is 16.0 Å². The monoisotopic (exact) mass is 448 g/mol. The van der Waals surface area contributed by atoms with Gasteiger partial charge in [0.05, 0.1) is 23.4 Å². The maximum absolute atomic E-state index is 12.7. The highest BCUT2D eigenvalue weighted by Gasteiger charge is 2.37. The van der Waals surface area contributed by atoms with Crippen LogP contribution >= 0.6 is 22.9 Å². The SMILES string of the molecule is O=C1CCCC1C(Cc1cc2nc(Cl)nc(N3CCOCC3)c2s1)C1CCNCC1. The minimum atomic E-state index is 0.228. The summed E-state index contributed by atoms with van der Waals surface area (Å²) in [5.41, 5.74) is 0.929. The molecule has 162 valence electrons. The predicted molar refractivity (Wildman–Crippen MR) is 121 cm³/mol. The first-order valence-electron chi connectivity index (χ1n) is 11.2. The van der Waals surface area contributed by atoms with Gasteiger partial charge in [-0.3, -0.25) is 4.79 Å². The Morgan fingerprint density at radius 2 is 2.03 bits per heavy atom. The van der Waals surface area contributed by atoms with Crippen LogP contribution in [0.2, 0.25) is 5.28 Å². The van der Waals surface area contributed by atoms with Crippen molar-refractivity contribution >= 4 is 44.8 Å². The number of hydrogen-bond donors (Lipinski definition) is 1. The average molecular weight is 449 g/mol. The lowest BCUT2D eigenvalue weighted by Gasteiger charge is -2.34. The summed E-state index contributed by atoms with van der Waals surface area (Å²) in [5, 5.41) is 3.78. The molecule has 0 amide bonds. The molecule has 30 heavy (non-hydrogen) atoms. The normalized spacial score (nSPS) is 24.6. The molecule has 1 N–H and O–H groups in total. The standard InChI is InChI=1S/C22H29ClN4O2S/c23-22-25-18-13-15(30-20(18)21(26-22)27-8-10-29-11-9-27)12-17(14-4-6-24-7-5-14)16-2-1-3-19(16)28/h13-14,16-17,24H,1-12H2. The van der Waals surface area contributed by atoms with Crippen molar-refractivity contribution in [2.24, 2.45) is 17.8 Å². The van der Waals surface area contributed by atoms with E-state index < -0.39 is 0 Å². The van der Waals surface area contributed by atoms with E-state index >= 15 is 0 Å². The molecule has 2 aromatic heterocycles. The molecule has 3 fully saturated rings. The third kappa shape index (κ3) is 4.22. The van der Waals surface area contributed by atoms with Crippen LogP contribution in [0.25, 0.3) is 10.2 Å². The summed E-state index contributed by atoms with van der Waals surface area (Å²) >= 11 is 8.06. The van der Waals surface area contributed by atoms with E-state index in [1.54, 1.807) is 11.3 Å². The van der Waals surface area contributed by atoms with Crippen LogP contribution in [0.3, 0.4) is 0 Å². The molecule has 0 aromatic carbocycles. The lowest BCUT2D eigenvalue weighted by atomic mass is 9.74. The second kappa shape index (κ2) is 9.07. The van der Waals surface area contributed by atoms with Gasteiger partial charge in [-0.15, -0.1) is 11.3 Å². The molecular formula is C22H29ClN4O2S. The Morgan fingerprint density at radius 1 is 1.23 bits per heavy atom. The number of aromatic nitrogens is 2. The topological polar surface area (TPSA) is 67.4 Å². The molecular weight excluding hydrogens is 420 g/mol. The van der Waals surface area contributed by atoms with Crippen molar-refractivity contribution in [1.29, 1.82) is 0 Å². The first-order chi connectivity index (χ1) is 14.7. The van der Waals surface area contributed by atoms with Crippen molar-refractivity contribution in [2.45, 2.75) is 38.5 Å². The fourth-order valence-electron chi connectivity index (χ4n) is 5.46. The molecule has 6 nitrogen and oxygen atoms in total. The molecule has 1 aliphatic carbocycles. The molecule has 0 spiro atoms. The second-order valence-electron chi connectivity index (χ2n) is 8.76. The Balaban J connectivity index is 1.45. The smallest absolute Gasteiger partial charge is 0.224 e. The summed E-state index contributed by atoms with van der Waals surface area (Å²) in [6, 6.07) is 2.19. The number of rotatable bonds is 5. The van der Waals surface area contributed by atoms with E-state index in [0.717, 1.165) is 67.9 Å². The van der Waals surface area contributed by atoms with Crippen molar-refractivity contribution in [2.75, 3.05) is 44.3 Å². The van der Waals surface area contributed by atoms with Gasteiger partial charge < -0.3 is 15.0 Å². The Kier molecular flexibility index (Phi) is 6.23. The number of thiophene rings is 1. The van der Waals surface area contributed by atoms with Crippen LogP contribution in [-0.4, -0.2) is 55.1 Å². The summed E-state index contributed by atoms with van der Waals surface area (Å²) in [6.45, 7) is 5.20. The second-order valence-corrected chi connectivity index (χ2v) is 10.2. The number of anilines is 1. The van der Waals surface area contributed by atoms with Crippen LogP contribution in [0.4, 0.5) is 5.82 Å². The summed E-state index contributed by atoms with van der Waals surface area (Å²) in [4.78, 5) is 25.3. The molecule has 3 aliphatic rings. The number of Topliss-reactive ketones (excluding diaryl/α,β-unsaturated/α-hetero) is 1. The lowest BCUT2D eigenvalue weighted by Crippen LogP contribution is -2.36. The van der Waals surface area contributed by atoms with Crippen LogP contribution in [0.1, 0.15) is 37.0 Å². The van der Waals surface area contributed by atoms with Gasteiger partial charge in [0.15, 0.2) is 5.82 Å². The zero-order valence-corrected chi connectivity index (χ0v) is 18.8. The average Bonchev–Trinajstić information content (AvgIpc) is 3.38. The van der Waals surface area contributed by atoms with Crippen LogP contribution in [0.5, 0.6) is 0 Å². The number of morpholine rings is 1. The number of nitrogens with one attached hydrogen (secondary N) is 1. The third-order valence-corrected chi connectivity index (χ3v) is 8.29. The number of ether oxygens (including phenoxy) is 1. The molecule has 5 rings (SSSR count). The number of carbonyl (C=O) groups excluding carboxylic acids is 1. The fourth-order valence-corrected chi connectivity index (χ4v) is 6.82. The first kappa shape index (κ1) is 20.6. The van der Waals surface area contributed by atoms with Gasteiger partial charge in [0.25, 0.3) is 0 Å². The maximum atomic E-state index is 12.7. The van der Waals surface area contributed by atoms with Gasteiger partial charge in [0, 0.05) is 30.3 Å². The summed E-state index contributed by atoms with van der Waals surface area (Å²) in [6.07, 6.45) is 6.18. The summed E-state index contributed by atoms with van der Waals surface area (Å²) < 4.78 is 6.61. The van der Waals surface area contributed by atoms with E-state index in [2.05, 4.69) is 26.3 Å².